The highest BCUT2D eigenvalue weighted by molar-refractivity contribution is 5.04. The summed E-state index contributed by atoms with van der Waals surface area (Å²) in [7, 11) is 0. The predicted octanol–water partition coefficient (Wildman–Crippen LogP) is 3.81. The summed E-state index contributed by atoms with van der Waals surface area (Å²) in [5.74, 6) is 0.833. The van der Waals surface area contributed by atoms with Gasteiger partial charge in [0.2, 0.25) is 0 Å². The van der Waals surface area contributed by atoms with E-state index in [1.807, 2.05) is 0 Å². The lowest BCUT2D eigenvalue weighted by atomic mass is 10.1. The van der Waals surface area contributed by atoms with E-state index in [0.29, 0.717) is 0 Å². The maximum Gasteiger partial charge on any atom is 0.0177 e. The zero-order chi connectivity index (χ0) is 10.4. The molecule has 0 bridgehead atoms. The van der Waals surface area contributed by atoms with E-state index in [4.69, 9.17) is 0 Å². The second kappa shape index (κ2) is 6.10. The van der Waals surface area contributed by atoms with Crippen LogP contribution in [0.25, 0.3) is 0 Å². The van der Waals surface area contributed by atoms with E-state index in [9.17, 15) is 0 Å². The molecule has 0 aromatic carbocycles. The van der Waals surface area contributed by atoms with E-state index in [-0.39, 0.29) is 0 Å². The smallest absolute Gasteiger partial charge is 0.0177 e. The van der Waals surface area contributed by atoms with Gasteiger partial charge in [0.1, 0.15) is 0 Å². The lowest BCUT2D eigenvalue weighted by molar-refractivity contribution is 0.291. The first kappa shape index (κ1) is 11.6. The monoisotopic (exact) mass is 195 g/mol. The van der Waals surface area contributed by atoms with Crippen LogP contribution in [0.3, 0.4) is 0 Å². The number of hydrogen-bond acceptors (Lipinski definition) is 1. The molecular formula is C13H25N. The fourth-order valence-electron chi connectivity index (χ4n) is 2.01. The Morgan fingerprint density at radius 3 is 2.86 bits per heavy atom. The summed E-state index contributed by atoms with van der Waals surface area (Å²) in [5.41, 5.74) is 1.61. The Labute approximate surface area is 89.2 Å². The Morgan fingerprint density at radius 2 is 2.21 bits per heavy atom. The van der Waals surface area contributed by atoms with Gasteiger partial charge in [0.25, 0.3) is 0 Å². The van der Waals surface area contributed by atoms with Crippen LogP contribution in [0.2, 0.25) is 0 Å². The zero-order valence-corrected chi connectivity index (χ0v) is 10.1. The largest absolute Gasteiger partial charge is 0.375 e. The highest BCUT2D eigenvalue weighted by atomic mass is 15.1. The minimum Gasteiger partial charge on any atom is -0.375 e. The fraction of sp³-hybridized carbons (Fsp3) is 0.846. The van der Waals surface area contributed by atoms with Crippen molar-refractivity contribution in [3.05, 3.63) is 11.8 Å². The van der Waals surface area contributed by atoms with Crippen LogP contribution >= 0.6 is 0 Å². The van der Waals surface area contributed by atoms with Gasteiger partial charge in [-0.2, -0.15) is 0 Å². The number of allylic oxidation sites excluding steroid dienone is 2. The first-order valence-corrected chi connectivity index (χ1v) is 6.18. The SMILES string of the molecule is CCCC1=CCCCN1CCC(C)C. The Morgan fingerprint density at radius 1 is 1.43 bits per heavy atom. The molecule has 0 N–H and O–H groups in total. The lowest BCUT2D eigenvalue weighted by Crippen LogP contribution is -2.28. The average molecular weight is 195 g/mol. The van der Waals surface area contributed by atoms with Crippen molar-refractivity contribution in [2.75, 3.05) is 13.1 Å². The van der Waals surface area contributed by atoms with E-state index >= 15 is 0 Å². The molecule has 14 heavy (non-hydrogen) atoms. The van der Waals surface area contributed by atoms with Crippen LogP contribution in [0.4, 0.5) is 0 Å². The van der Waals surface area contributed by atoms with Crippen molar-refractivity contribution in [1.82, 2.24) is 4.90 Å². The summed E-state index contributed by atoms with van der Waals surface area (Å²) in [6.45, 7) is 9.46. The normalized spacial score (nSPS) is 17.4. The maximum absolute atomic E-state index is 2.60. The molecule has 0 saturated heterocycles. The molecule has 1 aliphatic rings. The minimum atomic E-state index is 0.833. The quantitative estimate of drug-likeness (QED) is 0.644. The molecule has 0 atom stereocenters. The molecule has 0 aromatic rings. The predicted molar refractivity (Wildman–Crippen MR) is 63.3 cm³/mol. The van der Waals surface area contributed by atoms with Crippen LogP contribution < -0.4 is 0 Å². The van der Waals surface area contributed by atoms with Gasteiger partial charge in [0, 0.05) is 18.8 Å². The molecule has 0 amide bonds. The van der Waals surface area contributed by atoms with E-state index in [2.05, 4.69) is 31.7 Å². The van der Waals surface area contributed by atoms with Crippen LogP contribution in [-0.4, -0.2) is 18.0 Å². The standard InChI is InChI=1S/C13H25N/c1-4-7-13-8-5-6-10-14(13)11-9-12(2)3/h8,12H,4-7,9-11H2,1-3H3. The van der Waals surface area contributed by atoms with Crippen LogP contribution in [0.1, 0.15) is 52.9 Å². The zero-order valence-electron chi connectivity index (χ0n) is 10.1. The number of rotatable bonds is 5. The van der Waals surface area contributed by atoms with Crippen LogP contribution in [0.5, 0.6) is 0 Å². The van der Waals surface area contributed by atoms with Crippen LogP contribution in [-0.2, 0) is 0 Å². The second-order valence-corrected chi connectivity index (χ2v) is 4.76. The molecule has 82 valence electrons. The van der Waals surface area contributed by atoms with Crippen molar-refractivity contribution in [3.63, 3.8) is 0 Å². The number of hydrogen-bond donors (Lipinski definition) is 0. The lowest BCUT2D eigenvalue weighted by Gasteiger charge is -2.31. The summed E-state index contributed by atoms with van der Waals surface area (Å²) >= 11 is 0. The molecule has 0 saturated carbocycles. The van der Waals surface area contributed by atoms with Gasteiger partial charge in [-0.3, -0.25) is 0 Å². The first-order valence-electron chi connectivity index (χ1n) is 6.18. The molecule has 0 aliphatic carbocycles. The minimum absolute atomic E-state index is 0.833. The molecule has 0 aromatic heterocycles. The molecule has 1 heteroatoms. The van der Waals surface area contributed by atoms with Gasteiger partial charge in [-0.1, -0.05) is 33.3 Å². The Balaban J connectivity index is 2.40. The third-order valence-corrected chi connectivity index (χ3v) is 2.90. The fourth-order valence-corrected chi connectivity index (χ4v) is 2.01. The summed E-state index contributed by atoms with van der Waals surface area (Å²) in [5, 5.41) is 0. The van der Waals surface area contributed by atoms with E-state index in [1.165, 1.54) is 45.2 Å². The Kier molecular flexibility index (Phi) is 5.06. The molecule has 1 aliphatic heterocycles. The highest BCUT2D eigenvalue weighted by Crippen LogP contribution is 2.20. The van der Waals surface area contributed by atoms with Crippen LogP contribution in [0.15, 0.2) is 11.8 Å². The van der Waals surface area contributed by atoms with Gasteiger partial charge in [-0.15, -0.1) is 0 Å². The third kappa shape index (κ3) is 3.73. The molecule has 0 spiro atoms. The van der Waals surface area contributed by atoms with Gasteiger partial charge in [-0.25, -0.2) is 0 Å². The van der Waals surface area contributed by atoms with Crippen molar-refractivity contribution in [2.24, 2.45) is 5.92 Å². The van der Waals surface area contributed by atoms with E-state index in [0.717, 1.165) is 5.92 Å². The van der Waals surface area contributed by atoms with Crippen molar-refractivity contribution in [3.8, 4) is 0 Å². The molecule has 0 unspecified atom stereocenters. The van der Waals surface area contributed by atoms with Crippen molar-refractivity contribution in [2.45, 2.75) is 52.9 Å². The maximum atomic E-state index is 2.60. The molecule has 1 rings (SSSR count). The average Bonchev–Trinajstić information content (AvgIpc) is 2.17. The molecular weight excluding hydrogens is 170 g/mol. The van der Waals surface area contributed by atoms with E-state index in [1.54, 1.807) is 5.70 Å². The van der Waals surface area contributed by atoms with Gasteiger partial charge >= 0.3 is 0 Å². The van der Waals surface area contributed by atoms with Gasteiger partial charge in [0.15, 0.2) is 0 Å². The molecule has 0 fully saturated rings. The Bertz CT molecular complexity index is 182. The van der Waals surface area contributed by atoms with Crippen molar-refractivity contribution < 1.29 is 0 Å². The third-order valence-electron chi connectivity index (χ3n) is 2.90. The summed E-state index contributed by atoms with van der Waals surface area (Å²) < 4.78 is 0. The second-order valence-electron chi connectivity index (χ2n) is 4.76. The van der Waals surface area contributed by atoms with Gasteiger partial charge < -0.3 is 4.90 Å². The summed E-state index contributed by atoms with van der Waals surface area (Å²) in [6, 6.07) is 0. The van der Waals surface area contributed by atoms with Crippen molar-refractivity contribution in [1.29, 1.82) is 0 Å². The Hall–Kier alpha value is -0.460. The molecule has 1 nitrogen and oxygen atoms in total. The van der Waals surface area contributed by atoms with Gasteiger partial charge in [-0.05, 0) is 31.6 Å². The highest BCUT2D eigenvalue weighted by Gasteiger charge is 2.12. The summed E-state index contributed by atoms with van der Waals surface area (Å²) in [6.07, 6.45) is 9.00. The molecule has 0 radical (unpaired) electrons. The summed E-state index contributed by atoms with van der Waals surface area (Å²) in [4.78, 5) is 2.60. The molecule has 1 heterocycles. The number of nitrogens with zero attached hydrogens (tertiary/aromatic N) is 1. The van der Waals surface area contributed by atoms with Gasteiger partial charge in [0.05, 0.1) is 0 Å². The van der Waals surface area contributed by atoms with Crippen molar-refractivity contribution >= 4 is 0 Å². The first-order chi connectivity index (χ1) is 6.74. The van der Waals surface area contributed by atoms with Crippen LogP contribution in [0, 0.1) is 5.92 Å². The van der Waals surface area contributed by atoms with E-state index < -0.39 is 0 Å². The topological polar surface area (TPSA) is 3.24 Å².